The van der Waals surface area contributed by atoms with E-state index in [1.54, 1.807) is 6.07 Å². The van der Waals surface area contributed by atoms with Crippen molar-refractivity contribution in [3.05, 3.63) is 29.6 Å². The summed E-state index contributed by atoms with van der Waals surface area (Å²) in [7, 11) is 4.02. The van der Waals surface area contributed by atoms with Gasteiger partial charge in [0.25, 0.3) is 0 Å². The van der Waals surface area contributed by atoms with Crippen LogP contribution in [0.3, 0.4) is 0 Å². The lowest BCUT2D eigenvalue weighted by Crippen LogP contribution is -2.36. The van der Waals surface area contributed by atoms with E-state index in [9.17, 15) is 4.39 Å². The van der Waals surface area contributed by atoms with Crippen LogP contribution in [0.15, 0.2) is 18.2 Å². The second-order valence-corrected chi connectivity index (χ2v) is 4.65. The van der Waals surface area contributed by atoms with Crippen LogP contribution in [0, 0.1) is 5.82 Å². The predicted octanol–water partition coefficient (Wildman–Crippen LogP) is 2.13. The minimum atomic E-state index is -0.373. The van der Waals surface area contributed by atoms with Gasteiger partial charge < -0.3 is 15.3 Å². The fraction of sp³-hybridized carbons (Fsp3) is 0.538. The second kappa shape index (κ2) is 5.98. The summed E-state index contributed by atoms with van der Waals surface area (Å²) in [6.45, 7) is 4.80. The monoisotopic (exact) mass is 240 g/mol. The Morgan fingerprint density at radius 3 is 2.53 bits per heavy atom. The normalized spacial score (nSPS) is 14.9. The third kappa shape index (κ3) is 3.98. The molecule has 0 bridgehead atoms. The lowest BCUT2D eigenvalue weighted by molar-refractivity contribution is 0.295. The van der Waals surface area contributed by atoms with Crippen LogP contribution in [0.2, 0.25) is 0 Å². The van der Waals surface area contributed by atoms with Gasteiger partial charge in [-0.2, -0.15) is 0 Å². The van der Waals surface area contributed by atoms with Crippen LogP contribution in [-0.4, -0.2) is 36.7 Å². The summed E-state index contributed by atoms with van der Waals surface area (Å²) in [4.78, 5) is 2.10. The summed E-state index contributed by atoms with van der Waals surface area (Å²) < 4.78 is 13.6. The highest BCUT2D eigenvalue weighted by Crippen LogP contribution is 2.20. The molecular formula is C13H21FN2O. The number of halogens is 1. The molecule has 96 valence electrons. The van der Waals surface area contributed by atoms with E-state index in [-0.39, 0.29) is 17.6 Å². The number of nitrogens with one attached hydrogen (secondary N) is 1. The number of phenols is 1. The Morgan fingerprint density at radius 1 is 1.35 bits per heavy atom. The van der Waals surface area contributed by atoms with Crippen molar-refractivity contribution in [2.24, 2.45) is 0 Å². The number of hydrogen-bond donors (Lipinski definition) is 2. The van der Waals surface area contributed by atoms with Crippen molar-refractivity contribution in [1.82, 2.24) is 10.2 Å². The molecule has 0 saturated heterocycles. The second-order valence-electron chi connectivity index (χ2n) is 4.65. The van der Waals surface area contributed by atoms with Gasteiger partial charge in [0.15, 0.2) is 0 Å². The van der Waals surface area contributed by atoms with Crippen molar-refractivity contribution in [3.8, 4) is 5.75 Å². The molecule has 0 aliphatic carbocycles. The summed E-state index contributed by atoms with van der Waals surface area (Å²) in [5.74, 6) is -0.414. The molecule has 0 aromatic heterocycles. The first kappa shape index (κ1) is 13.9. The van der Waals surface area contributed by atoms with Gasteiger partial charge in [-0.3, -0.25) is 0 Å². The van der Waals surface area contributed by atoms with Crippen molar-refractivity contribution in [1.29, 1.82) is 0 Å². The highest BCUT2D eigenvalue weighted by atomic mass is 19.1. The Morgan fingerprint density at radius 2 is 2.00 bits per heavy atom. The first-order valence-electron chi connectivity index (χ1n) is 5.80. The number of benzene rings is 1. The molecule has 0 aliphatic heterocycles. The van der Waals surface area contributed by atoms with Gasteiger partial charge in [0.1, 0.15) is 11.6 Å². The van der Waals surface area contributed by atoms with Gasteiger partial charge >= 0.3 is 0 Å². The summed E-state index contributed by atoms with van der Waals surface area (Å²) in [6, 6.07) is 4.58. The van der Waals surface area contributed by atoms with Crippen LogP contribution in [0.25, 0.3) is 0 Å². The maximum absolute atomic E-state index is 13.6. The van der Waals surface area contributed by atoms with Gasteiger partial charge in [-0.1, -0.05) is 6.07 Å². The lowest BCUT2D eigenvalue weighted by Gasteiger charge is -2.23. The van der Waals surface area contributed by atoms with Gasteiger partial charge in [0, 0.05) is 30.3 Å². The third-order valence-corrected chi connectivity index (χ3v) is 3.05. The van der Waals surface area contributed by atoms with E-state index in [4.69, 9.17) is 5.11 Å². The standard InChI is InChI=1S/C13H21FN2O/c1-9(16(3)4)8-15-10(2)12-6-5-11(17)7-13(12)14/h5-7,9-10,15,17H,8H2,1-4H3. The van der Waals surface area contributed by atoms with Crippen molar-refractivity contribution >= 4 is 0 Å². The number of aromatic hydroxyl groups is 1. The highest BCUT2D eigenvalue weighted by Gasteiger charge is 2.12. The van der Waals surface area contributed by atoms with Gasteiger partial charge in [-0.05, 0) is 34.0 Å². The first-order chi connectivity index (χ1) is 7.91. The zero-order chi connectivity index (χ0) is 13.0. The molecule has 0 saturated carbocycles. The SMILES string of the molecule is CC(NCC(C)N(C)C)c1ccc(O)cc1F. The Kier molecular flexibility index (Phi) is 4.90. The Balaban J connectivity index is 2.61. The zero-order valence-corrected chi connectivity index (χ0v) is 10.9. The van der Waals surface area contributed by atoms with Crippen LogP contribution in [0.4, 0.5) is 4.39 Å². The van der Waals surface area contributed by atoms with E-state index < -0.39 is 0 Å². The minimum absolute atomic E-state index is 0.0416. The van der Waals surface area contributed by atoms with Gasteiger partial charge in [0.05, 0.1) is 0 Å². The smallest absolute Gasteiger partial charge is 0.131 e. The molecule has 2 N–H and O–H groups in total. The van der Waals surface area contributed by atoms with Crippen LogP contribution in [-0.2, 0) is 0 Å². The maximum atomic E-state index is 13.6. The summed E-state index contributed by atoms with van der Waals surface area (Å²) >= 11 is 0. The van der Waals surface area contributed by atoms with Crippen LogP contribution < -0.4 is 5.32 Å². The predicted molar refractivity (Wildman–Crippen MR) is 67.6 cm³/mol. The molecule has 17 heavy (non-hydrogen) atoms. The van der Waals surface area contributed by atoms with Crippen molar-refractivity contribution in [2.75, 3.05) is 20.6 Å². The van der Waals surface area contributed by atoms with Crippen LogP contribution >= 0.6 is 0 Å². The fourth-order valence-corrected chi connectivity index (χ4v) is 1.51. The maximum Gasteiger partial charge on any atom is 0.131 e. The summed E-state index contributed by atoms with van der Waals surface area (Å²) in [5, 5.41) is 12.4. The molecule has 3 nitrogen and oxygen atoms in total. The number of nitrogens with zero attached hydrogens (tertiary/aromatic N) is 1. The largest absolute Gasteiger partial charge is 0.508 e. The average Bonchev–Trinajstić information content (AvgIpc) is 2.25. The van der Waals surface area contributed by atoms with E-state index in [0.717, 1.165) is 12.6 Å². The molecule has 0 radical (unpaired) electrons. The topological polar surface area (TPSA) is 35.5 Å². The number of hydrogen-bond acceptors (Lipinski definition) is 3. The van der Waals surface area contributed by atoms with Crippen molar-refractivity contribution in [2.45, 2.75) is 25.9 Å². The Hall–Kier alpha value is -1.13. The Bertz CT molecular complexity index is 368. The van der Waals surface area contributed by atoms with E-state index in [1.165, 1.54) is 6.07 Å². The molecule has 0 amide bonds. The molecule has 1 rings (SSSR count). The van der Waals surface area contributed by atoms with Crippen LogP contribution in [0.1, 0.15) is 25.5 Å². The van der Waals surface area contributed by atoms with Crippen molar-refractivity contribution < 1.29 is 9.50 Å². The molecule has 0 spiro atoms. The number of rotatable bonds is 5. The summed E-state index contributed by atoms with van der Waals surface area (Å²) in [6.07, 6.45) is 0. The van der Waals surface area contributed by atoms with E-state index in [0.29, 0.717) is 11.6 Å². The lowest BCUT2D eigenvalue weighted by atomic mass is 10.1. The molecule has 1 aromatic rings. The van der Waals surface area contributed by atoms with E-state index in [2.05, 4.69) is 17.1 Å². The van der Waals surface area contributed by atoms with Gasteiger partial charge in [-0.25, -0.2) is 4.39 Å². The zero-order valence-electron chi connectivity index (χ0n) is 10.9. The molecule has 0 fully saturated rings. The molecule has 1 aromatic carbocycles. The number of phenolic OH excluding ortho intramolecular Hbond substituents is 1. The molecule has 2 unspecified atom stereocenters. The molecule has 4 heteroatoms. The fourth-order valence-electron chi connectivity index (χ4n) is 1.51. The molecule has 0 aliphatic rings. The minimum Gasteiger partial charge on any atom is -0.508 e. The highest BCUT2D eigenvalue weighted by molar-refractivity contribution is 5.29. The van der Waals surface area contributed by atoms with Gasteiger partial charge in [-0.15, -0.1) is 0 Å². The van der Waals surface area contributed by atoms with Crippen molar-refractivity contribution in [3.63, 3.8) is 0 Å². The van der Waals surface area contributed by atoms with Crippen LogP contribution in [0.5, 0.6) is 5.75 Å². The summed E-state index contributed by atoms with van der Waals surface area (Å²) in [5.41, 5.74) is 0.578. The third-order valence-electron chi connectivity index (χ3n) is 3.05. The Labute approximate surface area is 102 Å². The van der Waals surface area contributed by atoms with Gasteiger partial charge in [0.2, 0.25) is 0 Å². The van der Waals surface area contributed by atoms with E-state index >= 15 is 0 Å². The molecule has 0 heterocycles. The number of likely N-dealkylation sites (N-methyl/N-ethyl adjacent to an activating group) is 1. The molecule has 2 atom stereocenters. The van der Waals surface area contributed by atoms with E-state index in [1.807, 2.05) is 21.0 Å². The average molecular weight is 240 g/mol. The first-order valence-corrected chi connectivity index (χ1v) is 5.80. The molecular weight excluding hydrogens is 219 g/mol. The quantitative estimate of drug-likeness (QED) is 0.827.